The minimum Gasteiger partial charge on any atom is -0.478 e. The second kappa shape index (κ2) is 10.5. The molecule has 3 aromatic rings. The van der Waals surface area contributed by atoms with Crippen molar-refractivity contribution in [2.45, 2.75) is 25.8 Å². The van der Waals surface area contributed by atoms with Crippen molar-refractivity contribution in [2.75, 3.05) is 11.9 Å². The Morgan fingerprint density at radius 3 is 2.17 bits per heavy atom. The number of nitrogens with one attached hydrogen (secondary N) is 2. The summed E-state index contributed by atoms with van der Waals surface area (Å²) in [6.45, 7) is 3.55. The number of halogens is 1. The number of anilines is 1. The van der Waals surface area contributed by atoms with Crippen molar-refractivity contribution < 1.29 is 24.2 Å². The molecule has 2 amide bonds. The average molecular weight is 584 g/mol. The summed E-state index contributed by atoms with van der Waals surface area (Å²) in [6.07, 6.45) is -0.612. The van der Waals surface area contributed by atoms with Crippen LogP contribution in [-0.4, -0.2) is 35.7 Å². The molecule has 0 fully saturated rings. The van der Waals surface area contributed by atoms with Gasteiger partial charge in [0.25, 0.3) is 0 Å². The van der Waals surface area contributed by atoms with Crippen LogP contribution in [0.5, 0.6) is 0 Å². The number of alkyl carbamates (subject to hydrolysis) is 1. The number of benzene rings is 3. The van der Waals surface area contributed by atoms with Crippen LogP contribution in [0.1, 0.15) is 41.3 Å². The first-order valence-electron chi connectivity index (χ1n) is 11.2. The zero-order valence-electron chi connectivity index (χ0n) is 19.2. The number of carboxylic acids is 1. The number of fused-ring (bicyclic) bond motifs is 3. The van der Waals surface area contributed by atoms with E-state index in [4.69, 9.17) is 4.74 Å². The fraction of sp³-hybridized carbons (Fsp3) is 0.222. The maximum absolute atomic E-state index is 12.7. The molecule has 0 aliphatic heterocycles. The topological polar surface area (TPSA) is 105 Å². The lowest BCUT2D eigenvalue weighted by atomic mass is 9.98. The highest BCUT2D eigenvalue weighted by Gasteiger charge is 2.30. The van der Waals surface area contributed by atoms with Crippen LogP contribution in [0, 0.1) is 9.49 Å². The second-order valence-electron chi connectivity index (χ2n) is 8.53. The number of hydrogen-bond donors (Lipinski definition) is 3. The van der Waals surface area contributed by atoms with Crippen LogP contribution >= 0.6 is 22.6 Å². The molecule has 2 atom stereocenters. The lowest BCUT2D eigenvalue weighted by Gasteiger charge is -2.22. The molecule has 35 heavy (non-hydrogen) atoms. The molecule has 2 unspecified atom stereocenters. The van der Waals surface area contributed by atoms with Crippen molar-refractivity contribution in [3.05, 3.63) is 87.0 Å². The van der Waals surface area contributed by atoms with Crippen LogP contribution in [0.3, 0.4) is 0 Å². The minimum atomic E-state index is -1.13. The van der Waals surface area contributed by atoms with Gasteiger partial charge in [-0.25, -0.2) is 9.59 Å². The Kier molecular flexibility index (Phi) is 7.39. The van der Waals surface area contributed by atoms with Gasteiger partial charge in [0.15, 0.2) is 0 Å². The number of carbonyl (C=O) groups excluding carboxylic acids is 2. The molecule has 0 spiro atoms. The number of hydrogen-bond acceptors (Lipinski definition) is 4. The van der Waals surface area contributed by atoms with Crippen molar-refractivity contribution in [1.29, 1.82) is 0 Å². The van der Waals surface area contributed by atoms with E-state index >= 15 is 0 Å². The maximum Gasteiger partial charge on any atom is 0.407 e. The van der Waals surface area contributed by atoms with Crippen molar-refractivity contribution in [2.24, 2.45) is 5.92 Å². The zero-order valence-corrected chi connectivity index (χ0v) is 21.4. The molecule has 7 nitrogen and oxygen atoms in total. The van der Waals surface area contributed by atoms with Gasteiger partial charge in [-0.1, -0.05) is 55.5 Å². The Hall–Kier alpha value is -3.40. The van der Waals surface area contributed by atoms with Gasteiger partial charge < -0.3 is 20.5 Å². The Bertz CT molecular complexity index is 1250. The summed E-state index contributed by atoms with van der Waals surface area (Å²) in [6, 6.07) is 20.4. The molecular weight excluding hydrogens is 559 g/mol. The van der Waals surface area contributed by atoms with Crippen molar-refractivity contribution in [3.8, 4) is 11.1 Å². The summed E-state index contributed by atoms with van der Waals surface area (Å²) in [4.78, 5) is 36.8. The van der Waals surface area contributed by atoms with E-state index in [1.54, 1.807) is 26.0 Å². The molecule has 3 N–H and O–H groups in total. The molecule has 0 bridgehead atoms. The smallest absolute Gasteiger partial charge is 0.407 e. The summed E-state index contributed by atoms with van der Waals surface area (Å²) in [5, 5.41) is 14.8. The summed E-state index contributed by atoms with van der Waals surface area (Å²) < 4.78 is 6.31. The van der Waals surface area contributed by atoms with Gasteiger partial charge in [-0.05, 0) is 70.0 Å². The van der Waals surface area contributed by atoms with Gasteiger partial charge in [-0.2, -0.15) is 0 Å². The summed E-state index contributed by atoms with van der Waals surface area (Å²) in [7, 11) is 0. The molecule has 0 saturated heterocycles. The standard InChI is InChI=1S/C27H25IN2O5/c1-15(25(31)30-24-12-11-17(28)13-22(24)26(32)33)16(2)29-27(34)35-14-23-20-9-5-3-7-18(20)19-8-4-6-10-21(19)23/h3-13,15-16,23H,14H2,1-2H3,(H,29,34)(H,30,31)(H,32,33). The molecule has 4 rings (SSSR count). The number of carboxylic acid groups (broad SMARTS) is 1. The fourth-order valence-corrected chi connectivity index (χ4v) is 4.72. The molecule has 180 valence electrons. The third-order valence-corrected chi connectivity index (χ3v) is 6.99. The lowest BCUT2D eigenvalue weighted by molar-refractivity contribution is -0.120. The molecular formula is C27H25IN2O5. The number of rotatable bonds is 7. The highest BCUT2D eigenvalue weighted by atomic mass is 127. The highest BCUT2D eigenvalue weighted by Crippen LogP contribution is 2.44. The largest absolute Gasteiger partial charge is 0.478 e. The van der Waals surface area contributed by atoms with E-state index in [1.807, 2.05) is 59.0 Å². The monoisotopic (exact) mass is 584 g/mol. The first kappa shape index (κ1) is 24.7. The second-order valence-corrected chi connectivity index (χ2v) is 9.78. The molecule has 1 aliphatic rings. The zero-order chi connectivity index (χ0) is 25.1. The summed E-state index contributed by atoms with van der Waals surface area (Å²) in [5.41, 5.74) is 4.75. The van der Waals surface area contributed by atoms with Gasteiger partial charge in [0, 0.05) is 15.5 Å². The molecule has 0 aromatic heterocycles. The Labute approximate surface area is 217 Å². The molecule has 8 heteroatoms. The predicted octanol–water partition coefficient (Wildman–Crippen LogP) is 5.49. The van der Waals surface area contributed by atoms with Crippen LogP contribution in [0.2, 0.25) is 0 Å². The minimum absolute atomic E-state index is 0.00889. The SMILES string of the molecule is CC(NC(=O)OCC1c2ccccc2-c2ccccc21)C(C)C(=O)Nc1ccc(I)cc1C(=O)O. The number of aromatic carboxylic acids is 1. The quantitative estimate of drug-likeness (QED) is 0.319. The van der Waals surface area contributed by atoms with Gasteiger partial charge in [-0.15, -0.1) is 0 Å². The maximum atomic E-state index is 12.7. The number of amides is 2. The molecule has 1 aliphatic carbocycles. The Morgan fingerprint density at radius 1 is 0.971 bits per heavy atom. The fourth-order valence-electron chi connectivity index (χ4n) is 4.23. The van der Waals surface area contributed by atoms with Gasteiger partial charge >= 0.3 is 12.1 Å². The van der Waals surface area contributed by atoms with E-state index in [9.17, 15) is 19.5 Å². The first-order chi connectivity index (χ1) is 16.8. The molecule has 0 heterocycles. The number of ether oxygens (including phenoxy) is 1. The van der Waals surface area contributed by atoms with Crippen LogP contribution in [0.25, 0.3) is 11.1 Å². The third kappa shape index (κ3) is 5.32. The average Bonchev–Trinajstić information content (AvgIpc) is 3.16. The Balaban J connectivity index is 1.36. The van der Waals surface area contributed by atoms with E-state index in [0.29, 0.717) is 0 Å². The van der Waals surface area contributed by atoms with E-state index in [0.717, 1.165) is 25.8 Å². The number of carbonyl (C=O) groups is 3. The highest BCUT2D eigenvalue weighted by molar-refractivity contribution is 14.1. The van der Waals surface area contributed by atoms with E-state index in [-0.39, 0.29) is 23.8 Å². The van der Waals surface area contributed by atoms with Gasteiger partial charge in [0.2, 0.25) is 5.91 Å². The van der Waals surface area contributed by atoms with E-state index < -0.39 is 29.9 Å². The van der Waals surface area contributed by atoms with E-state index in [1.165, 1.54) is 6.07 Å². The molecule has 3 aromatic carbocycles. The van der Waals surface area contributed by atoms with Crippen molar-refractivity contribution >= 4 is 46.2 Å². The molecule has 0 radical (unpaired) electrons. The normalized spacial score (nSPS) is 13.8. The first-order valence-corrected chi connectivity index (χ1v) is 12.3. The van der Waals surface area contributed by atoms with Gasteiger partial charge in [-0.3, -0.25) is 4.79 Å². The van der Waals surface area contributed by atoms with Crippen molar-refractivity contribution in [1.82, 2.24) is 5.32 Å². The Morgan fingerprint density at radius 2 is 1.57 bits per heavy atom. The lowest BCUT2D eigenvalue weighted by Crippen LogP contribution is -2.42. The summed E-state index contributed by atoms with van der Waals surface area (Å²) in [5.74, 6) is -2.22. The van der Waals surface area contributed by atoms with Gasteiger partial charge in [0.05, 0.1) is 17.2 Å². The van der Waals surface area contributed by atoms with Crippen molar-refractivity contribution in [3.63, 3.8) is 0 Å². The van der Waals surface area contributed by atoms with E-state index in [2.05, 4.69) is 22.8 Å². The summed E-state index contributed by atoms with van der Waals surface area (Å²) >= 11 is 2.01. The molecule has 0 saturated carbocycles. The third-order valence-electron chi connectivity index (χ3n) is 6.32. The van der Waals surface area contributed by atoms with Crippen LogP contribution in [-0.2, 0) is 9.53 Å². The van der Waals surface area contributed by atoms with Crippen LogP contribution < -0.4 is 10.6 Å². The van der Waals surface area contributed by atoms with Crippen LogP contribution in [0.15, 0.2) is 66.7 Å². The van der Waals surface area contributed by atoms with Gasteiger partial charge in [0.1, 0.15) is 6.61 Å². The van der Waals surface area contributed by atoms with Crippen LogP contribution in [0.4, 0.5) is 10.5 Å². The predicted molar refractivity (Wildman–Crippen MR) is 142 cm³/mol.